The van der Waals surface area contributed by atoms with Crippen molar-refractivity contribution in [3.63, 3.8) is 0 Å². The van der Waals surface area contributed by atoms with Crippen molar-refractivity contribution in [1.82, 2.24) is 24.9 Å². The molecule has 3 heterocycles. The Morgan fingerprint density at radius 1 is 0.922 bits per heavy atom. The topological polar surface area (TPSA) is 216 Å². The van der Waals surface area contributed by atoms with Crippen LogP contribution in [-0.4, -0.2) is 114 Å². The number of nitrogens with one attached hydrogen (secondary N) is 2. The summed E-state index contributed by atoms with van der Waals surface area (Å²) in [5, 5.41) is 37.2. The Hall–Kier alpha value is -4.15. The number of nitrogens with zero attached hydrogens (tertiary/aromatic N) is 5. The maximum atomic E-state index is 12.1. The lowest BCUT2D eigenvalue weighted by Gasteiger charge is -2.26. The molecule has 1 atom stereocenters. The molecular formula is C25H29ClF9N7O8S. The number of carbonyl (C=O) groups excluding carboxylic acids is 1. The van der Waals surface area contributed by atoms with E-state index in [4.69, 9.17) is 51.2 Å². The van der Waals surface area contributed by atoms with Crippen molar-refractivity contribution in [2.24, 2.45) is 0 Å². The van der Waals surface area contributed by atoms with E-state index in [1.165, 1.54) is 6.20 Å². The summed E-state index contributed by atoms with van der Waals surface area (Å²) in [6.07, 6.45) is -9.69. The predicted molar refractivity (Wildman–Crippen MR) is 156 cm³/mol. The Kier molecular flexibility index (Phi) is 17.6. The van der Waals surface area contributed by atoms with E-state index < -0.39 is 36.4 Å². The number of aliphatic carboxylic acids is 3. The fraction of sp³-hybridized carbons (Fsp3) is 0.600. The van der Waals surface area contributed by atoms with Gasteiger partial charge in [-0.15, -0.1) is 11.8 Å². The molecule has 1 aliphatic heterocycles. The van der Waals surface area contributed by atoms with Gasteiger partial charge in [-0.1, -0.05) is 21.3 Å². The minimum absolute atomic E-state index is 0.0255. The molecule has 1 aliphatic carbocycles. The van der Waals surface area contributed by atoms with Crippen molar-refractivity contribution in [2.45, 2.75) is 68.9 Å². The lowest BCUT2D eigenvalue weighted by molar-refractivity contribution is -0.193. The number of hydrogen-bond acceptors (Lipinski definition) is 10. The molecule has 1 saturated heterocycles. The largest absolute Gasteiger partial charge is 0.490 e. The summed E-state index contributed by atoms with van der Waals surface area (Å²) in [5.41, 5.74) is 0. The molecule has 2 aromatic rings. The minimum atomic E-state index is -5.08. The molecule has 4 rings (SSSR count). The Balaban J connectivity index is 0.000000505. The van der Waals surface area contributed by atoms with Gasteiger partial charge < -0.3 is 26.0 Å². The van der Waals surface area contributed by atoms with Crippen molar-refractivity contribution < 1.29 is 78.6 Å². The molecule has 15 nitrogen and oxygen atoms in total. The van der Waals surface area contributed by atoms with E-state index in [1.54, 1.807) is 12.1 Å². The van der Waals surface area contributed by atoms with Gasteiger partial charge in [-0.3, -0.25) is 14.3 Å². The highest BCUT2D eigenvalue weighted by molar-refractivity contribution is 7.99. The number of nitriles is 1. The third kappa shape index (κ3) is 18.1. The number of alkyl halides is 9. The number of carboxylic acid groups (broad SMARTS) is 3. The third-order valence-electron chi connectivity index (χ3n) is 6.36. The number of rotatable bonds is 8. The number of amides is 1. The fourth-order valence-electron chi connectivity index (χ4n) is 3.87. The number of aromatic nitrogens is 3. The first kappa shape index (κ1) is 44.9. The molecule has 5 N–H and O–H groups in total. The maximum Gasteiger partial charge on any atom is 0.490 e. The van der Waals surface area contributed by atoms with E-state index in [2.05, 4.69) is 26.6 Å². The van der Waals surface area contributed by atoms with E-state index in [-0.39, 0.29) is 18.5 Å². The highest BCUT2D eigenvalue weighted by atomic mass is 35.5. The molecule has 0 aromatic carbocycles. The summed E-state index contributed by atoms with van der Waals surface area (Å²) in [4.78, 5) is 48.9. The zero-order valence-corrected chi connectivity index (χ0v) is 27.2. The molecule has 0 bridgehead atoms. The average molecular weight is 794 g/mol. The molecule has 51 heavy (non-hydrogen) atoms. The van der Waals surface area contributed by atoms with E-state index >= 15 is 0 Å². The van der Waals surface area contributed by atoms with Gasteiger partial charge in [-0.05, 0) is 37.8 Å². The number of thioether (sulfide) groups is 1. The van der Waals surface area contributed by atoms with Crippen molar-refractivity contribution in [3.8, 4) is 6.07 Å². The van der Waals surface area contributed by atoms with Crippen molar-refractivity contribution in [2.75, 3.05) is 30.0 Å². The quantitative estimate of drug-likeness (QED) is 0.234. The van der Waals surface area contributed by atoms with Crippen LogP contribution in [0.1, 0.15) is 31.7 Å². The van der Waals surface area contributed by atoms with Gasteiger partial charge in [0.1, 0.15) is 11.9 Å². The van der Waals surface area contributed by atoms with E-state index in [0.29, 0.717) is 22.9 Å². The van der Waals surface area contributed by atoms with Gasteiger partial charge in [0, 0.05) is 30.4 Å². The smallest absolute Gasteiger partial charge is 0.475 e. The Morgan fingerprint density at radius 3 is 1.86 bits per heavy atom. The summed E-state index contributed by atoms with van der Waals surface area (Å²) in [6, 6.07) is 6.48. The van der Waals surface area contributed by atoms with Crippen LogP contribution in [0.15, 0.2) is 23.0 Å². The van der Waals surface area contributed by atoms with E-state index in [0.717, 1.165) is 50.4 Å². The maximum absolute atomic E-state index is 12.1. The van der Waals surface area contributed by atoms with E-state index in [1.807, 2.05) is 21.5 Å². The third-order valence-corrected chi connectivity index (χ3v) is 7.65. The van der Waals surface area contributed by atoms with E-state index in [9.17, 15) is 44.3 Å². The number of anilines is 1. The zero-order valence-electron chi connectivity index (χ0n) is 25.6. The van der Waals surface area contributed by atoms with Crippen LogP contribution in [0.2, 0.25) is 5.02 Å². The SMILES string of the molecule is N#CC1CSCN1CCn1on1C1CCC(NCC(=O)Nc2ccc(Cl)cn2)CC1.O=C(O)C(F)(F)F.O=C(O)C(F)(F)F.O=C(O)C(F)(F)F. The van der Waals surface area contributed by atoms with Crippen LogP contribution in [0.3, 0.4) is 0 Å². The standard InChI is InChI=1S/C19H26ClN7O2S.3C2HF3O2/c20-14-1-6-18(23-10-14)24-19(28)11-22-15-2-4-16(5-3-15)27-26(29-27)8-7-25-13-30-12-17(25)9-21;3*3-2(4,5)1(6)7/h1,6,10,15-17,22H,2-5,7-8,11-13H2,(H,23,24,28);3*(H,6,7). The second-order valence-electron chi connectivity index (χ2n) is 10.1. The van der Waals surface area contributed by atoms with Crippen LogP contribution in [0.4, 0.5) is 45.3 Å². The van der Waals surface area contributed by atoms with Crippen LogP contribution in [0.25, 0.3) is 0 Å². The molecule has 26 heteroatoms. The average Bonchev–Trinajstić information content (AvgIpc) is 3.66. The number of halogens is 10. The number of carbonyl (C=O) groups is 4. The lowest BCUT2D eigenvalue weighted by atomic mass is 9.91. The van der Waals surface area contributed by atoms with Gasteiger partial charge in [0.05, 0.1) is 30.2 Å². The van der Waals surface area contributed by atoms with Gasteiger partial charge in [-0.25, -0.2) is 19.4 Å². The number of carboxylic acids is 3. The number of pyridine rings is 1. The van der Waals surface area contributed by atoms with Crippen LogP contribution in [-0.2, 0) is 25.7 Å². The van der Waals surface area contributed by atoms with Crippen LogP contribution in [0, 0.1) is 11.3 Å². The normalized spacial score (nSPS) is 19.2. The van der Waals surface area contributed by atoms with Crippen molar-refractivity contribution >= 4 is 53.0 Å². The van der Waals surface area contributed by atoms with Gasteiger partial charge in [0.2, 0.25) is 5.91 Å². The molecule has 1 saturated carbocycles. The van der Waals surface area contributed by atoms with Crippen LogP contribution in [0.5, 0.6) is 0 Å². The summed E-state index contributed by atoms with van der Waals surface area (Å²) >= 11 is 7.61. The highest BCUT2D eigenvalue weighted by Crippen LogP contribution is 2.30. The minimum Gasteiger partial charge on any atom is -0.475 e. The fourth-order valence-corrected chi connectivity index (χ4v) is 5.14. The second-order valence-corrected chi connectivity index (χ2v) is 11.6. The summed E-state index contributed by atoms with van der Waals surface area (Å²) < 4.78 is 101. The first-order chi connectivity index (χ1) is 23.4. The molecule has 2 aromatic heterocycles. The molecular weight excluding hydrogens is 765 g/mol. The Morgan fingerprint density at radius 2 is 1.43 bits per heavy atom. The van der Waals surface area contributed by atoms with Crippen LogP contribution >= 0.6 is 23.4 Å². The summed E-state index contributed by atoms with van der Waals surface area (Å²) in [5.74, 6) is -6.06. The highest BCUT2D eigenvalue weighted by Gasteiger charge is 2.39. The molecule has 0 spiro atoms. The van der Waals surface area contributed by atoms with Crippen molar-refractivity contribution in [3.05, 3.63) is 23.4 Å². The van der Waals surface area contributed by atoms with Crippen LogP contribution < -0.4 is 10.6 Å². The summed E-state index contributed by atoms with van der Waals surface area (Å²) in [7, 11) is 0. The molecule has 288 valence electrons. The van der Waals surface area contributed by atoms with Gasteiger partial charge in [0.25, 0.3) is 0 Å². The molecule has 2 fully saturated rings. The first-order valence-corrected chi connectivity index (χ1v) is 15.5. The monoisotopic (exact) mass is 793 g/mol. The molecule has 1 amide bonds. The van der Waals surface area contributed by atoms with Crippen molar-refractivity contribution in [1.29, 1.82) is 5.26 Å². The molecule has 2 aliphatic rings. The molecule has 0 radical (unpaired) electrons. The van der Waals surface area contributed by atoms with Gasteiger partial charge in [-0.2, -0.15) is 44.8 Å². The zero-order chi connectivity index (χ0) is 39.2. The van der Waals surface area contributed by atoms with Gasteiger partial charge >= 0.3 is 36.4 Å². The first-order valence-electron chi connectivity index (χ1n) is 14.0. The Bertz CT molecular complexity index is 1390. The van der Waals surface area contributed by atoms with Gasteiger partial charge in [0.15, 0.2) is 0 Å². The molecule has 1 unspecified atom stereocenters. The Labute approximate surface area is 290 Å². The lowest BCUT2D eigenvalue weighted by Crippen LogP contribution is -2.38. The predicted octanol–water partition coefficient (Wildman–Crippen LogP) is 4.44. The summed E-state index contributed by atoms with van der Waals surface area (Å²) in [6.45, 7) is 1.89. The second kappa shape index (κ2) is 20.0. The number of hydrogen-bond donors (Lipinski definition) is 5.